The van der Waals surface area contributed by atoms with Crippen molar-refractivity contribution >= 4 is 33.8 Å². The topological polar surface area (TPSA) is 128 Å². The van der Waals surface area contributed by atoms with E-state index in [1.54, 1.807) is 4.90 Å². The predicted molar refractivity (Wildman–Crippen MR) is 177 cm³/mol. The number of benzene rings is 3. The Kier molecular flexibility index (Phi) is 7.24. The van der Waals surface area contributed by atoms with Gasteiger partial charge >= 0.3 is 6.09 Å². The number of fused-ring (bicyclic) bond motifs is 8. The summed E-state index contributed by atoms with van der Waals surface area (Å²) < 4.78 is 4.59. The number of H-pyrrole nitrogens is 2. The summed E-state index contributed by atoms with van der Waals surface area (Å²) in [5.74, 6) is 2.35. The zero-order chi connectivity index (χ0) is 31.4. The Hall–Kier alpha value is -4.70. The van der Waals surface area contributed by atoms with Crippen LogP contribution in [0.3, 0.4) is 0 Å². The Morgan fingerprint density at radius 2 is 1.89 bits per heavy atom. The molecule has 3 aromatic carbocycles. The van der Waals surface area contributed by atoms with E-state index in [1.807, 2.05) is 6.92 Å². The highest BCUT2D eigenvalue weighted by atomic mass is 16.5. The molecular weight excluding hydrogens is 578 g/mol. The van der Waals surface area contributed by atoms with E-state index in [2.05, 4.69) is 73.9 Å². The predicted octanol–water partition coefficient (Wildman–Crippen LogP) is 5.78. The van der Waals surface area contributed by atoms with Gasteiger partial charge in [0.1, 0.15) is 18.2 Å². The lowest BCUT2D eigenvalue weighted by Crippen LogP contribution is -2.40. The van der Waals surface area contributed by atoms with E-state index in [9.17, 15) is 9.59 Å². The summed E-state index contributed by atoms with van der Waals surface area (Å²) in [4.78, 5) is 43.1. The molecule has 3 atom stereocenters. The van der Waals surface area contributed by atoms with Crippen LogP contribution in [-0.2, 0) is 28.9 Å². The van der Waals surface area contributed by atoms with Crippen LogP contribution in [0.1, 0.15) is 61.6 Å². The Morgan fingerprint density at radius 1 is 1.02 bits per heavy atom. The fraction of sp³-hybridized carbons (Fsp3) is 0.389. The van der Waals surface area contributed by atoms with Crippen LogP contribution in [0.4, 0.5) is 4.79 Å². The highest BCUT2D eigenvalue weighted by Gasteiger charge is 2.41. The minimum absolute atomic E-state index is 0.121. The summed E-state index contributed by atoms with van der Waals surface area (Å²) in [6, 6.07) is 18.6. The van der Waals surface area contributed by atoms with Crippen molar-refractivity contribution in [2.75, 3.05) is 20.2 Å². The van der Waals surface area contributed by atoms with Gasteiger partial charge in [-0.3, -0.25) is 4.79 Å². The second-order valence-electron chi connectivity index (χ2n) is 13.0. The number of methoxy groups -OCH3 is 1. The number of hydrogen-bond donors (Lipinski definition) is 4. The molecule has 3 heterocycles. The molecular formula is C36H39N7O3. The number of alkyl carbamates (subject to hydrolysis) is 1. The van der Waals surface area contributed by atoms with Gasteiger partial charge in [-0.2, -0.15) is 0 Å². The van der Waals surface area contributed by atoms with Crippen LogP contribution in [0, 0.1) is 5.92 Å². The summed E-state index contributed by atoms with van der Waals surface area (Å²) in [6.45, 7) is 2.79. The smallest absolute Gasteiger partial charge is 0.407 e. The summed E-state index contributed by atoms with van der Waals surface area (Å²) >= 11 is 0. The first-order valence-corrected chi connectivity index (χ1v) is 16.5. The van der Waals surface area contributed by atoms with Crippen LogP contribution >= 0.6 is 0 Å². The van der Waals surface area contributed by atoms with E-state index >= 15 is 0 Å². The lowest BCUT2D eigenvalue weighted by Gasteiger charge is -2.21. The third-order valence-corrected chi connectivity index (χ3v) is 10.1. The third-order valence-electron chi connectivity index (χ3n) is 10.1. The van der Waals surface area contributed by atoms with Crippen molar-refractivity contribution in [3.8, 4) is 22.4 Å². The van der Waals surface area contributed by atoms with Gasteiger partial charge in [-0.25, -0.2) is 14.8 Å². The van der Waals surface area contributed by atoms with Crippen LogP contribution in [0.25, 0.3) is 44.2 Å². The Balaban J connectivity index is 1.03. The summed E-state index contributed by atoms with van der Waals surface area (Å²) in [6.07, 6.45) is 6.05. The van der Waals surface area contributed by atoms with E-state index in [0.29, 0.717) is 36.9 Å². The monoisotopic (exact) mass is 617 g/mol. The number of aromatic nitrogens is 4. The number of aryl methyl sites for hydroxylation is 2. The molecule has 2 fully saturated rings. The quantitative estimate of drug-likeness (QED) is 0.175. The molecule has 46 heavy (non-hydrogen) atoms. The molecule has 4 N–H and O–H groups in total. The van der Waals surface area contributed by atoms with Gasteiger partial charge in [-0.05, 0) is 78.7 Å². The van der Waals surface area contributed by atoms with Crippen LogP contribution < -0.4 is 10.6 Å². The normalized spacial score (nSPS) is 19.7. The van der Waals surface area contributed by atoms with Crippen LogP contribution in [0.15, 0.2) is 48.5 Å². The van der Waals surface area contributed by atoms with E-state index in [0.717, 1.165) is 52.6 Å². The third kappa shape index (κ3) is 5.10. The number of amides is 2. The number of ether oxygens (including phenoxy) is 1. The van der Waals surface area contributed by atoms with Gasteiger partial charge in [0.2, 0.25) is 5.91 Å². The number of nitrogens with one attached hydrogen (secondary N) is 4. The minimum Gasteiger partial charge on any atom is -0.453 e. The average molecular weight is 618 g/mol. The number of imidazole rings is 2. The summed E-state index contributed by atoms with van der Waals surface area (Å²) in [5.41, 5.74) is 9.18. The van der Waals surface area contributed by atoms with Crippen molar-refractivity contribution in [1.82, 2.24) is 35.5 Å². The number of piperidine rings is 1. The van der Waals surface area contributed by atoms with Gasteiger partial charge in [-0.1, -0.05) is 43.3 Å². The molecule has 0 spiro atoms. The number of hydrogen-bond acceptors (Lipinski definition) is 6. The Bertz CT molecular complexity index is 1980. The molecule has 1 saturated carbocycles. The molecule has 2 amide bonds. The average Bonchev–Trinajstić information content (AvgIpc) is 3.89. The zero-order valence-corrected chi connectivity index (χ0v) is 26.3. The highest BCUT2D eigenvalue weighted by molar-refractivity contribution is 6.05. The second-order valence-corrected chi connectivity index (χ2v) is 13.0. The lowest BCUT2D eigenvalue weighted by atomic mass is 9.89. The van der Waals surface area contributed by atoms with Crippen LogP contribution in [-0.4, -0.2) is 63.1 Å². The number of carbonyl (C=O) groups is 2. The molecule has 0 radical (unpaired) electrons. The maximum absolute atomic E-state index is 12.8. The van der Waals surface area contributed by atoms with Crippen molar-refractivity contribution < 1.29 is 14.3 Å². The minimum atomic E-state index is -0.626. The van der Waals surface area contributed by atoms with Gasteiger partial charge in [0.05, 0.1) is 36.4 Å². The number of carbonyl (C=O) groups excluding carboxylic acids is 2. The van der Waals surface area contributed by atoms with E-state index in [1.165, 1.54) is 54.3 Å². The summed E-state index contributed by atoms with van der Waals surface area (Å²) in [5, 5.41) is 8.44. The van der Waals surface area contributed by atoms with E-state index in [-0.39, 0.29) is 12.5 Å². The van der Waals surface area contributed by atoms with Gasteiger partial charge in [0.25, 0.3) is 0 Å². The first-order chi connectivity index (χ1) is 22.5. The molecule has 10 nitrogen and oxygen atoms in total. The van der Waals surface area contributed by atoms with Gasteiger partial charge in [0.15, 0.2) is 0 Å². The number of nitrogens with zero attached hydrogens (tertiary/aromatic N) is 3. The molecule has 2 bridgehead atoms. The van der Waals surface area contributed by atoms with Crippen molar-refractivity contribution in [2.45, 2.75) is 64.1 Å². The standard InChI is InChI=1S/C36H39N7O3/c1-3-14-43(31(44)18-37-36(45)46-2)19-30-39-28-12-7-22-15-20(5-10-26(22)33(28)41-30)21-6-11-27-23(16-21)8-13-29-34(27)42-35(40-29)32-24-4-9-25(17-24)38-32/h5-7,10-12,15-16,24-25,32,38H,3-4,8-9,13-14,17-19H2,1-2H3,(H,37,45)(H,39,41)(H,40,42). The first kappa shape index (κ1) is 28.8. The van der Waals surface area contributed by atoms with Crippen molar-refractivity contribution in [3.63, 3.8) is 0 Å². The Morgan fingerprint density at radius 3 is 2.70 bits per heavy atom. The SMILES string of the molecule is CCCN(Cc1nc2c(ccc3cc(-c4ccc5c(c4)CCc4[nH]c(C6NC7CCC6C7)nc4-5)ccc32)[nH]1)C(=O)CNC(=O)OC. The van der Waals surface area contributed by atoms with Crippen molar-refractivity contribution in [2.24, 2.45) is 5.92 Å². The molecule has 3 aliphatic rings. The second kappa shape index (κ2) is 11.6. The number of rotatable bonds is 8. The summed E-state index contributed by atoms with van der Waals surface area (Å²) in [7, 11) is 1.28. The highest BCUT2D eigenvalue weighted by Crippen LogP contribution is 2.44. The molecule has 1 aliphatic heterocycles. The van der Waals surface area contributed by atoms with Crippen LogP contribution in [0.2, 0.25) is 0 Å². The largest absolute Gasteiger partial charge is 0.453 e. The van der Waals surface area contributed by atoms with E-state index in [4.69, 9.17) is 9.97 Å². The zero-order valence-electron chi connectivity index (χ0n) is 26.3. The van der Waals surface area contributed by atoms with Crippen LogP contribution in [0.5, 0.6) is 0 Å². The molecule has 2 aliphatic carbocycles. The molecule has 2 aromatic heterocycles. The fourth-order valence-corrected chi connectivity index (χ4v) is 7.80. The fourth-order valence-electron chi connectivity index (χ4n) is 7.80. The van der Waals surface area contributed by atoms with Gasteiger partial charge in [0, 0.05) is 29.2 Å². The number of aromatic amines is 2. The van der Waals surface area contributed by atoms with Gasteiger partial charge < -0.3 is 30.2 Å². The van der Waals surface area contributed by atoms with Crippen molar-refractivity contribution in [1.29, 1.82) is 0 Å². The molecule has 3 unspecified atom stereocenters. The molecule has 5 aromatic rings. The maximum atomic E-state index is 12.8. The molecule has 10 heteroatoms. The molecule has 236 valence electrons. The maximum Gasteiger partial charge on any atom is 0.407 e. The first-order valence-electron chi connectivity index (χ1n) is 16.5. The van der Waals surface area contributed by atoms with E-state index < -0.39 is 6.09 Å². The molecule has 8 rings (SSSR count). The molecule has 1 saturated heterocycles. The van der Waals surface area contributed by atoms with Gasteiger partial charge in [-0.15, -0.1) is 0 Å². The Labute approximate surface area is 267 Å². The lowest BCUT2D eigenvalue weighted by molar-refractivity contribution is -0.130. The van der Waals surface area contributed by atoms with Crippen molar-refractivity contribution in [3.05, 3.63) is 71.4 Å².